The fourth-order valence-electron chi connectivity index (χ4n) is 2.71. The Bertz CT molecular complexity index is 1060. The zero-order valence-corrected chi connectivity index (χ0v) is 13.8. The fraction of sp³-hybridized carbons (Fsp3) is 0.0556. The zero-order chi connectivity index (χ0) is 18.1. The van der Waals surface area contributed by atoms with E-state index >= 15 is 0 Å². The summed E-state index contributed by atoms with van der Waals surface area (Å²) in [4.78, 5) is 11.2. The highest BCUT2D eigenvalue weighted by atomic mass is 16.4. The third-order valence-electron chi connectivity index (χ3n) is 4.03. The summed E-state index contributed by atoms with van der Waals surface area (Å²) >= 11 is 0. The standard InChI is InChI=1S/C18H14N6O2/c1-24-10-15(19-23-24)13-6-2-11(3-7-13)12-4-8-14(9-5-12)16-17(18(25)26)21-22-20-16/h2-10H,1H3,(H,25,26)(H,20,21,22). The van der Waals surface area contributed by atoms with Gasteiger partial charge in [-0.1, -0.05) is 53.7 Å². The van der Waals surface area contributed by atoms with E-state index in [1.807, 2.05) is 61.8 Å². The smallest absolute Gasteiger partial charge is 0.358 e. The van der Waals surface area contributed by atoms with Gasteiger partial charge >= 0.3 is 5.97 Å². The van der Waals surface area contributed by atoms with Gasteiger partial charge in [-0.2, -0.15) is 10.3 Å². The Morgan fingerprint density at radius 2 is 1.50 bits per heavy atom. The average molecular weight is 346 g/mol. The number of aromatic nitrogens is 6. The lowest BCUT2D eigenvalue weighted by atomic mass is 10.0. The molecule has 0 saturated heterocycles. The Hall–Kier alpha value is -3.81. The normalized spacial score (nSPS) is 10.8. The van der Waals surface area contributed by atoms with Crippen LogP contribution >= 0.6 is 0 Å². The van der Waals surface area contributed by atoms with Crippen molar-refractivity contribution in [1.29, 1.82) is 0 Å². The molecule has 0 aliphatic carbocycles. The van der Waals surface area contributed by atoms with Crippen LogP contribution in [-0.4, -0.2) is 41.5 Å². The van der Waals surface area contributed by atoms with E-state index in [9.17, 15) is 4.79 Å². The lowest BCUT2D eigenvalue weighted by molar-refractivity contribution is 0.0691. The van der Waals surface area contributed by atoms with Crippen LogP contribution in [0.3, 0.4) is 0 Å². The number of aromatic amines is 1. The van der Waals surface area contributed by atoms with Gasteiger partial charge in [0.25, 0.3) is 0 Å². The number of rotatable bonds is 4. The maximum absolute atomic E-state index is 11.2. The van der Waals surface area contributed by atoms with Gasteiger partial charge in [0.05, 0.1) is 6.20 Å². The van der Waals surface area contributed by atoms with Crippen LogP contribution in [0.5, 0.6) is 0 Å². The predicted molar refractivity (Wildman–Crippen MR) is 94.2 cm³/mol. The average Bonchev–Trinajstić information content (AvgIpc) is 3.31. The highest BCUT2D eigenvalue weighted by Gasteiger charge is 2.16. The minimum absolute atomic E-state index is 0.0916. The highest BCUT2D eigenvalue weighted by Crippen LogP contribution is 2.27. The van der Waals surface area contributed by atoms with Gasteiger partial charge in [-0.3, -0.25) is 4.68 Å². The minimum atomic E-state index is -1.11. The quantitative estimate of drug-likeness (QED) is 0.588. The van der Waals surface area contributed by atoms with E-state index < -0.39 is 5.97 Å². The molecule has 0 aliphatic rings. The first-order valence-electron chi connectivity index (χ1n) is 7.83. The highest BCUT2D eigenvalue weighted by molar-refractivity contribution is 5.92. The molecule has 128 valence electrons. The number of nitrogens with zero attached hydrogens (tertiary/aromatic N) is 5. The predicted octanol–water partition coefficient (Wildman–Crippen LogP) is 2.63. The van der Waals surface area contributed by atoms with Crippen molar-refractivity contribution in [2.45, 2.75) is 0 Å². The Morgan fingerprint density at radius 3 is 2.04 bits per heavy atom. The fourth-order valence-corrected chi connectivity index (χ4v) is 2.71. The SMILES string of the molecule is Cn1cc(-c2ccc(-c3ccc(-c4n[nH]nc4C(=O)O)cc3)cc2)nn1. The maximum Gasteiger partial charge on any atom is 0.358 e. The van der Waals surface area contributed by atoms with Crippen LogP contribution in [0.25, 0.3) is 33.6 Å². The molecule has 4 aromatic rings. The number of nitrogens with one attached hydrogen (secondary N) is 1. The molecule has 0 amide bonds. The van der Waals surface area contributed by atoms with Crippen molar-refractivity contribution in [2.75, 3.05) is 0 Å². The van der Waals surface area contributed by atoms with E-state index in [1.54, 1.807) is 4.68 Å². The summed E-state index contributed by atoms with van der Waals surface area (Å²) in [6.07, 6.45) is 1.86. The molecule has 0 aliphatic heterocycles. The van der Waals surface area contributed by atoms with E-state index in [0.717, 1.165) is 22.4 Å². The molecule has 2 N–H and O–H groups in total. The monoisotopic (exact) mass is 346 g/mol. The van der Waals surface area contributed by atoms with Gasteiger partial charge in [0.1, 0.15) is 11.4 Å². The summed E-state index contributed by atoms with van der Waals surface area (Å²) in [5.74, 6) is -1.11. The zero-order valence-electron chi connectivity index (χ0n) is 13.8. The summed E-state index contributed by atoms with van der Waals surface area (Å²) in [6.45, 7) is 0. The van der Waals surface area contributed by atoms with Crippen LogP contribution in [0.1, 0.15) is 10.5 Å². The molecular weight excluding hydrogens is 332 g/mol. The molecule has 26 heavy (non-hydrogen) atoms. The Labute approximate surface area is 148 Å². The minimum Gasteiger partial charge on any atom is -0.476 e. The Kier molecular flexibility index (Phi) is 3.77. The van der Waals surface area contributed by atoms with Crippen LogP contribution in [0.2, 0.25) is 0 Å². The second-order valence-corrected chi connectivity index (χ2v) is 5.76. The van der Waals surface area contributed by atoms with E-state index in [0.29, 0.717) is 11.3 Å². The van der Waals surface area contributed by atoms with Crippen molar-refractivity contribution in [2.24, 2.45) is 7.05 Å². The van der Waals surface area contributed by atoms with Crippen LogP contribution in [0, 0.1) is 0 Å². The number of hydrogen-bond donors (Lipinski definition) is 2. The van der Waals surface area contributed by atoms with Crippen molar-refractivity contribution in [1.82, 2.24) is 30.4 Å². The number of carboxylic acid groups (broad SMARTS) is 1. The van der Waals surface area contributed by atoms with E-state index in [-0.39, 0.29) is 5.69 Å². The lowest BCUT2D eigenvalue weighted by Crippen LogP contribution is -1.99. The Morgan fingerprint density at radius 1 is 0.923 bits per heavy atom. The third-order valence-corrected chi connectivity index (χ3v) is 4.03. The molecule has 0 atom stereocenters. The molecule has 4 rings (SSSR count). The Balaban J connectivity index is 1.61. The van der Waals surface area contributed by atoms with Gasteiger partial charge in [0.2, 0.25) is 0 Å². The molecule has 0 saturated carbocycles. The third kappa shape index (κ3) is 2.84. The number of aryl methyl sites for hydroxylation is 1. The largest absolute Gasteiger partial charge is 0.476 e. The number of benzene rings is 2. The van der Waals surface area contributed by atoms with Crippen molar-refractivity contribution < 1.29 is 9.90 Å². The van der Waals surface area contributed by atoms with Crippen LogP contribution in [-0.2, 0) is 7.05 Å². The summed E-state index contributed by atoms with van der Waals surface area (Å²) in [5, 5.41) is 27.1. The van der Waals surface area contributed by atoms with E-state index in [2.05, 4.69) is 25.7 Å². The van der Waals surface area contributed by atoms with Gasteiger partial charge < -0.3 is 5.11 Å². The molecule has 8 nitrogen and oxygen atoms in total. The lowest BCUT2D eigenvalue weighted by Gasteiger charge is -2.04. The maximum atomic E-state index is 11.2. The number of carboxylic acids is 1. The van der Waals surface area contributed by atoms with Gasteiger partial charge in [-0.25, -0.2) is 4.79 Å². The first kappa shape index (κ1) is 15.7. The molecule has 0 fully saturated rings. The molecule has 0 radical (unpaired) electrons. The van der Waals surface area contributed by atoms with Gasteiger partial charge in [-0.15, -0.1) is 10.2 Å². The molecule has 8 heteroatoms. The molecule has 0 unspecified atom stereocenters. The summed E-state index contributed by atoms with van der Waals surface area (Å²) in [7, 11) is 1.83. The first-order valence-corrected chi connectivity index (χ1v) is 7.83. The van der Waals surface area contributed by atoms with Crippen LogP contribution < -0.4 is 0 Å². The molecule has 2 aromatic carbocycles. The molecule has 0 bridgehead atoms. The van der Waals surface area contributed by atoms with Crippen molar-refractivity contribution in [3.8, 4) is 33.6 Å². The molecular formula is C18H14N6O2. The van der Waals surface area contributed by atoms with Gasteiger partial charge in [0, 0.05) is 18.2 Å². The number of aromatic carboxylic acids is 1. The summed E-state index contributed by atoms with van der Waals surface area (Å²) in [6, 6.07) is 15.5. The molecule has 2 heterocycles. The van der Waals surface area contributed by atoms with E-state index in [4.69, 9.17) is 5.11 Å². The number of hydrogen-bond acceptors (Lipinski definition) is 5. The van der Waals surface area contributed by atoms with E-state index in [1.165, 1.54) is 0 Å². The second kappa shape index (κ2) is 6.25. The number of H-pyrrole nitrogens is 1. The van der Waals surface area contributed by atoms with Crippen molar-refractivity contribution >= 4 is 5.97 Å². The summed E-state index contributed by atoms with van der Waals surface area (Å²) < 4.78 is 1.66. The topological polar surface area (TPSA) is 110 Å². The number of carbonyl (C=O) groups is 1. The second-order valence-electron chi connectivity index (χ2n) is 5.76. The molecule has 2 aromatic heterocycles. The van der Waals surface area contributed by atoms with Gasteiger partial charge in [-0.05, 0) is 11.1 Å². The van der Waals surface area contributed by atoms with Crippen molar-refractivity contribution in [3.05, 3.63) is 60.4 Å². The molecule has 0 spiro atoms. The van der Waals surface area contributed by atoms with Gasteiger partial charge in [0.15, 0.2) is 5.69 Å². The van der Waals surface area contributed by atoms with Crippen molar-refractivity contribution in [3.63, 3.8) is 0 Å². The van der Waals surface area contributed by atoms with Crippen LogP contribution in [0.4, 0.5) is 0 Å². The first-order chi connectivity index (χ1) is 12.6. The van der Waals surface area contributed by atoms with Crippen LogP contribution in [0.15, 0.2) is 54.7 Å². The summed E-state index contributed by atoms with van der Waals surface area (Å²) in [5.41, 5.74) is 4.79.